The Kier molecular flexibility index (Phi) is 6.39. The summed E-state index contributed by atoms with van der Waals surface area (Å²) in [5, 5.41) is 14.2. The average Bonchev–Trinajstić information content (AvgIpc) is 2.62. The maximum Gasteiger partial charge on any atom is 0.271 e. The highest BCUT2D eigenvalue weighted by atomic mass is 35.5. The molecule has 0 bridgehead atoms. The monoisotopic (exact) mass is 354 g/mol. The van der Waals surface area contributed by atoms with Crippen LogP contribution in [0.15, 0.2) is 24.3 Å². The quantitative estimate of drug-likeness (QED) is 0.659. The van der Waals surface area contributed by atoms with Crippen LogP contribution in [0.2, 0.25) is 0 Å². The molecular formula is C16H23ClN4O3. The predicted molar refractivity (Wildman–Crippen MR) is 94.7 cm³/mol. The van der Waals surface area contributed by atoms with Gasteiger partial charge in [-0.05, 0) is 32.0 Å². The smallest absolute Gasteiger partial charge is 0.271 e. The molecule has 1 aromatic rings. The number of nitrogens with zero attached hydrogens (tertiary/aromatic N) is 3. The van der Waals surface area contributed by atoms with Crippen LogP contribution in [0.1, 0.15) is 12.8 Å². The van der Waals surface area contributed by atoms with Crippen LogP contribution in [0.3, 0.4) is 0 Å². The van der Waals surface area contributed by atoms with E-state index < -0.39 is 0 Å². The molecule has 2 fully saturated rings. The zero-order valence-electron chi connectivity index (χ0n) is 13.5. The van der Waals surface area contributed by atoms with Crippen molar-refractivity contribution >= 4 is 29.7 Å². The Hall–Kier alpha value is -1.86. The molecular weight excluding hydrogens is 332 g/mol. The second-order valence-electron chi connectivity index (χ2n) is 6.11. The third kappa shape index (κ3) is 4.15. The van der Waals surface area contributed by atoms with E-state index in [4.69, 9.17) is 0 Å². The van der Waals surface area contributed by atoms with Gasteiger partial charge in [-0.15, -0.1) is 12.4 Å². The summed E-state index contributed by atoms with van der Waals surface area (Å²) in [6.45, 7) is 4.65. The van der Waals surface area contributed by atoms with E-state index in [0.29, 0.717) is 13.1 Å². The van der Waals surface area contributed by atoms with Gasteiger partial charge in [-0.25, -0.2) is 0 Å². The van der Waals surface area contributed by atoms with Crippen molar-refractivity contribution in [2.45, 2.75) is 12.8 Å². The van der Waals surface area contributed by atoms with E-state index in [1.807, 2.05) is 11.0 Å². The average molecular weight is 355 g/mol. The number of anilines is 1. The molecule has 3 rings (SSSR count). The summed E-state index contributed by atoms with van der Waals surface area (Å²) < 4.78 is 0. The zero-order valence-corrected chi connectivity index (χ0v) is 14.3. The fourth-order valence-electron chi connectivity index (χ4n) is 3.32. The molecule has 0 aromatic heterocycles. The fraction of sp³-hybridized carbons (Fsp3) is 0.562. The molecule has 2 heterocycles. The minimum Gasteiger partial charge on any atom is -0.368 e. The molecule has 2 aliphatic heterocycles. The van der Waals surface area contributed by atoms with Crippen molar-refractivity contribution in [1.82, 2.24) is 10.2 Å². The van der Waals surface area contributed by atoms with E-state index in [1.54, 1.807) is 12.1 Å². The number of non-ortho nitro benzene ring substituents is 1. The number of nitro groups is 1. The van der Waals surface area contributed by atoms with Crippen molar-refractivity contribution in [1.29, 1.82) is 0 Å². The number of nitrogens with one attached hydrogen (secondary N) is 1. The Morgan fingerprint density at radius 1 is 1.17 bits per heavy atom. The number of carbonyl (C=O) groups is 1. The Labute approximate surface area is 147 Å². The van der Waals surface area contributed by atoms with Crippen LogP contribution < -0.4 is 10.2 Å². The van der Waals surface area contributed by atoms with E-state index in [0.717, 1.165) is 44.7 Å². The van der Waals surface area contributed by atoms with Crippen LogP contribution in [0.5, 0.6) is 0 Å². The number of halogens is 1. The maximum atomic E-state index is 12.5. The molecule has 1 amide bonds. The molecule has 132 valence electrons. The van der Waals surface area contributed by atoms with E-state index >= 15 is 0 Å². The summed E-state index contributed by atoms with van der Waals surface area (Å²) in [6.07, 6.45) is 1.84. The lowest BCUT2D eigenvalue weighted by atomic mass is 9.96. The SMILES string of the molecule is Cl.O=C(C1CCNCC1)N1CCN(c2cccc([N+](=O)[O-])c2)CC1. The topological polar surface area (TPSA) is 78.7 Å². The largest absolute Gasteiger partial charge is 0.368 e. The normalized spacial score (nSPS) is 18.8. The minimum atomic E-state index is -0.375. The first-order valence-electron chi connectivity index (χ1n) is 8.14. The Morgan fingerprint density at radius 3 is 2.46 bits per heavy atom. The van der Waals surface area contributed by atoms with E-state index in [9.17, 15) is 14.9 Å². The highest BCUT2D eigenvalue weighted by Gasteiger charge is 2.28. The van der Waals surface area contributed by atoms with Gasteiger partial charge in [0.05, 0.1) is 4.92 Å². The Morgan fingerprint density at radius 2 is 1.83 bits per heavy atom. The summed E-state index contributed by atoms with van der Waals surface area (Å²) in [6, 6.07) is 6.70. The summed E-state index contributed by atoms with van der Waals surface area (Å²) in [5.41, 5.74) is 0.962. The molecule has 2 saturated heterocycles. The summed E-state index contributed by atoms with van der Waals surface area (Å²) in [7, 11) is 0. The molecule has 24 heavy (non-hydrogen) atoms. The lowest BCUT2D eigenvalue weighted by molar-refractivity contribution is -0.384. The van der Waals surface area contributed by atoms with Gasteiger partial charge in [0.2, 0.25) is 5.91 Å². The lowest BCUT2D eigenvalue weighted by Crippen LogP contribution is -2.51. The molecule has 0 saturated carbocycles. The van der Waals surface area contributed by atoms with Crippen LogP contribution in [-0.2, 0) is 4.79 Å². The van der Waals surface area contributed by atoms with Gasteiger partial charge < -0.3 is 15.1 Å². The van der Waals surface area contributed by atoms with E-state index in [-0.39, 0.29) is 34.8 Å². The molecule has 0 unspecified atom stereocenters. The van der Waals surface area contributed by atoms with Crippen LogP contribution in [0, 0.1) is 16.0 Å². The predicted octanol–water partition coefficient (Wildman–Crippen LogP) is 1.66. The highest BCUT2D eigenvalue weighted by Crippen LogP contribution is 2.23. The molecule has 8 heteroatoms. The van der Waals surface area contributed by atoms with Gasteiger partial charge >= 0.3 is 0 Å². The molecule has 0 spiro atoms. The highest BCUT2D eigenvalue weighted by molar-refractivity contribution is 5.85. The summed E-state index contributed by atoms with van der Waals surface area (Å²) >= 11 is 0. The van der Waals surface area contributed by atoms with Gasteiger partial charge in [0.15, 0.2) is 0 Å². The number of nitro benzene ring substituents is 1. The Bertz CT molecular complexity index is 584. The number of hydrogen-bond acceptors (Lipinski definition) is 5. The van der Waals surface area contributed by atoms with Gasteiger partial charge in [0, 0.05) is 49.9 Å². The maximum absolute atomic E-state index is 12.5. The Balaban J connectivity index is 0.00000208. The molecule has 0 aliphatic carbocycles. The minimum absolute atomic E-state index is 0. The zero-order chi connectivity index (χ0) is 16.2. The van der Waals surface area contributed by atoms with Gasteiger partial charge in [-0.2, -0.15) is 0 Å². The van der Waals surface area contributed by atoms with Crippen molar-refractivity contribution in [2.24, 2.45) is 5.92 Å². The fourth-order valence-corrected chi connectivity index (χ4v) is 3.32. The molecule has 0 radical (unpaired) electrons. The van der Waals surface area contributed by atoms with Crippen LogP contribution in [0.25, 0.3) is 0 Å². The van der Waals surface area contributed by atoms with Crippen molar-refractivity contribution < 1.29 is 9.72 Å². The summed E-state index contributed by atoms with van der Waals surface area (Å²) in [5.74, 6) is 0.422. The molecule has 1 aromatic carbocycles. The first-order valence-corrected chi connectivity index (χ1v) is 8.14. The molecule has 7 nitrogen and oxygen atoms in total. The van der Waals surface area contributed by atoms with Gasteiger partial charge in [-0.1, -0.05) is 6.07 Å². The number of piperazine rings is 1. The van der Waals surface area contributed by atoms with Crippen molar-refractivity contribution in [3.63, 3.8) is 0 Å². The third-order valence-electron chi connectivity index (χ3n) is 4.69. The molecule has 2 aliphatic rings. The number of benzene rings is 1. The van der Waals surface area contributed by atoms with Crippen molar-refractivity contribution in [2.75, 3.05) is 44.2 Å². The number of hydrogen-bond donors (Lipinski definition) is 1. The standard InChI is InChI=1S/C16H22N4O3.ClH/c21-16(13-4-6-17-7-5-13)19-10-8-18(9-11-19)14-2-1-3-15(12-14)20(22)23;/h1-3,12-13,17H,4-11H2;1H. The second kappa shape index (κ2) is 8.30. The first-order chi connectivity index (χ1) is 11.1. The van der Waals surface area contributed by atoms with Gasteiger partial charge in [0.1, 0.15) is 0 Å². The van der Waals surface area contributed by atoms with Crippen molar-refractivity contribution in [3.05, 3.63) is 34.4 Å². The van der Waals surface area contributed by atoms with E-state index in [2.05, 4.69) is 10.2 Å². The van der Waals surface area contributed by atoms with Gasteiger partial charge in [-0.3, -0.25) is 14.9 Å². The molecule has 0 atom stereocenters. The number of rotatable bonds is 3. The molecule has 1 N–H and O–H groups in total. The third-order valence-corrected chi connectivity index (χ3v) is 4.69. The number of amides is 1. The number of carbonyl (C=O) groups excluding carboxylic acids is 1. The first kappa shape index (κ1) is 18.5. The van der Waals surface area contributed by atoms with Gasteiger partial charge in [0.25, 0.3) is 5.69 Å². The summed E-state index contributed by atoms with van der Waals surface area (Å²) in [4.78, 5) is 27.1. The van der Waals surface area contributed by atoms with Crippen LogP contribution in [0.4, 0.5) is 11.4 Å². The van der Waals surface area contributed by atoms with Crippen LogP contribution >= 0.6 is 12.4 Å². The second-order valence-corrected chi connectivity index (χ2v) is 6.11. The van der Waals surface area contributed by atoms with Crippen molar-refractivity contribution in [3.8, 4) is 0 Å². The van der Waals surface area contributed by atoms with Crippen LogP contribution in [-0.4, -0.2) is 55.0 Å². The number of piperidine rings is 1. The lowest BCUT2D eigenvalue weighted by Gasteiger charge is -2.38. The van der Waals surface area contributed by atoms with E-state index in [1.165, 1.54) is 6.07 Å².